The normalized spacial score (nSPS) is 14.2. The standard InChI is InChI=1S/C6H2F8O4/c7-3(8,2(16)17)4(9,10)5(11,12)6(13,14)18-1-15/h1H,(H,16,17). The van der Waals surface area contributed by atoms with Crippen molar-refractivity contribution in [2.24, 2.45) is 0 Å². The maximum atomic E-state index is 12.5. The minimum absolute atomic E-state index is 1.39. The molecular weight excluding hydrogens is 288 g/mol. The van der Waals surface area contributed by atoms with Gasteiger partial charge in [0.25, 0.3) is 6.47 Å². The molecule has 1 N–H and O–H groups in total. The van der Waals surface area contributed by atoms with Crippen LogP contribution in [0.2, 0.25) is 0 Å². The van der Waals surface area contributed by atoms with Crippen molar-refractivity contribution in [3.05, 3.63) is 0 Å². The van der Waals surface area contributed by atoms with Crippen molar-refractivity contribution in [3.63, 3.8) is 0 Å². The van der Waals surface area contributed by atoms with E-state index >= 15 is 0 Å². The summed E-state index contributed by atoms with van der Waals surface area (Å²) in [4.78, 5) is 19.1. The Morgan fingerprint density at radius 2 is 1.33 bits per heavy atom. The van der Waals surface area contributed by atoms with E-state index in [0.29, 0.717) is 0 Å². The maximum absolute atomic E-state index is 12.5. The number of hydrogen-bond acceptors (Lipinski definition) is 3. The van der Waals surface area contributed by atoms with E-state index in [1.165, 1.54) is 0 Å². The smallest absolute Gasteiger partial charge is 0.473 e. The average molecular weight is 290 g/mol. The highest BCUT2D eigenvalue weighted by Crippen LogP contribution is 2.52. The molecule has 0 aliphatic rings. The van der Waals surface area contributed by atoms with Gasteiger partial charge in [0.15, 0.2) is 0 Å². The molecule has 0 amide bonds. The molecule has 0 atom stereocenters. The second-order valence-corrected chi connectivity index (χ2v) is 2.76. The molecule has 0 radical (unpaired) electrons. The largest absolute Gasteiger partial charge is 0.477 e. The predicted molar refractivity (Wildman–Crippen MR) is 34.6 cm³/mol. The molecule has 0 saturated heterocycles. The number of rotatable bonds is 6. The summed E-state index contributed by atoms with van der Waals surface area (Å²) in [6, 6.07) is 0. The third-order valence-electron chi connectivity index (χ3n) is 1.62. The lowest BCUT2D eigenvalue weighted by molar-refractivity contribution is -0.409. The van der Waals surface area contributed by atoms with Crippen molar-refractivity contribution in [1.82, 2.24) is 0 Å². The SMILES string of the molecule is O=COC(F)(F)C(F)(F)C(F)(F)C(F)(F)C(=O)O. The Bertz CT molecular complexity index is 351. The summed E-state index contributed by atoms with van der Waals surface area (Å²) in [5.74, 6) is -24.2. The third kappa shape index (κ3) is 2.06. The van der Waals surface area contributed by atoms with Gasteiger partial charge in [-0.2, -0.15) is 35.1 Å². The number of alkyl halides is 8. The number of carboxylic acid groups (broad SMARTS) is 1. The summed E-state index contributed by atoms with van der Waals surface area (Å²) >= 11 is 0. The second-order valence-electron chi connectivity index (χ2n) is 2.76. The fourth-order valence-corrected chi connectivity index (χ4v) is 0.649. The van der Waals surface area contributed by atoms with Gasteiger partial charge in [-0.05, 0) is 0 Å². The van der Waals surface area contributed by atoms with Gasteiger partial charge in [-0.3, -0.25) is 4.79 Å². The molecule has 0 fully saturated rings. The molecular formula is C6H2F8O4. The molecule has 0 rings (SSSR count). The summed E-state index contributed by atoms with van der Waals surface area (Å²) in [6.07, 6.45) is -6.32. The first-order valence-corrected chi connectivity index (χ1v) is 3.62. The van der Waals surface area contributed by atoms with Crippen molar-refractivity contribution in [2.75, 3.05) is 0 Å². The highest BCUT2D eigenvalue weighted by molar-refractivity contribution is 5.77. The van der Waals surface area contributed by atoms with Gasteiger partial charge in [-0.1, -0.05) is 0 Å². The van der Waals surface area contributed by atoms with Gasteiger partial charge in [-0.25, -0.2) is 4.79 Å². The van der Waals surface area contributed by atoms with E-state index in [1.807, 2.05) is 0 Å². The highest BCUT2D eigenvalue weighted by Gasteiger charge is 2.84. The summed E-state index contributed by atoms with van der Waals surface area (Å²) in [5.41, 5.74) is 0. The minimum Gasteiger partial charge on any atom is -0.477 e. The molecule has 0 aromatic carbocycles. The first kappa shape index (κ1) is 16.4. The summed E-state index contributed by atoms with van der Waals surface area (Å²) in [5, 5.41) is 7.62. The molecule has 0 unspecified atom stereocenters. The van der Waals surface area contributed by atoms with Crippen molar-refractivity contribution < 1.29 is 54.6 Å². The van der Waals surface area contributed by atoms with Crippen LogP contribution in [0, 0.1) is 0 Å². The number of aliphatic carboxylic acids is 1. The molecule has 4 nitrogen and oxygen atoms in total. The van der Waals surface area contributed by atoms with Crippen molar-refractivity contribution >= 4 is 12.4 Å². The summed E-state index contributed by atoms with van der Waals surface area (Å²) in [7, 11) is 0. The van der Waals surface area contributed by atoms with Crippen LogP contribution in [-0.4, -0.2) is 41.4 Å². The van der Waals surface area contributed by atoms with Crippen LogP contribution in [0.3, 0.4) is 0 Å². The Morgan fingerprint density at radius 3 is 1.61 bits per heavy atom. The Hall–Kier alpha value is -1.62. The number of carbonyl (C=O) groups excluding carboxylic acids is 1. The summed E-state index contributed by atoms with van der Waals surface area (Å²) in [6.45, 7) is -1.39. The molecule has 0 aromatic rings. The average Bonchev–Trinajstić information content (AvgIpc) is 2.16. The second kappa shape index (κ2) is 4.24. The van der Waals surface area contributed by atoms with E-state index in [-0.39, 0.29) is 0 Å². The van der Waals surface area contributed by atoms with Gasteiger partial charge < -0.3 is 9.84 Å². The molecule has 0 heterocycles. The van der Waals surface area contributed by atoms with Crippen LogP contribution in [0.15, 0.2) is 0 Å². The molecule has 0 aliphatic heterocycles. The molecule has 0 bridgehead atoms. The van der Waals surface area contributed by atoms with Crippen LogP contribution in [0.4, 0.5) is 35.1 Å². The predicted octanol–water partition coefficient (Wildman–Crippen LogP) is 1.74. The Morgan fingerprint density at radius 1 is 0.944 bits per heavy atom. The maximum Gasteiger partial charge on any atom is 0.473 e. The van der Waals surface area contributed by atoms with Crippen LogP contribution in [-0.2, 0) is 14.3 Å². The number of ether oxygens (including phenoxy) is 1. The van der Waals surface area contributed by atoms with E-state index in [2.05, 4.69) is 4.74 Å². The Kier molecular flexibility index (Phi) is 3.86. The van der Waals surface area contributed by atoms with Crippen LogP contribution in [0.5, 0.6) is 0 Å². The van der Waals surface area contributed by atoms with E-state index in [9.17, 15) is 44.7 Å². The van der Waals surface area contributed by atoms with Crippen LogP contribution < -0.4 is 0 Å². The Balaban J connectivity index is 5.72. The van der Waals surface area contributed by atoms with E-state index in [1.54, 1.807) is 0 Å². The van der Waals surface area contributed by atoms with Crippen LogP contribution in [0.1, 0.15) is 0 Å². The molecule has 0 spiro atoms. The van der Waals surface area contributed by atoms with E-state index < -0.39 is 36.3 Å². The molecule has 0 aromatic heterocycles. The Labute approximate surface area is 92.1 Å². The fourth-order valence-electron chi connectivity index (χ4n) is 0.649. The van der Waals surface area contributed by atoms with Gasteiger partial charge in [-0.15, -0.1) is 0 Å². The zero-order chi connectivity index (χ0) is 15.0. The van der Waals surface area contributed by atoms with Crippen LogP contribution in [0.25, 0.3) is 0 Å². The lowest BCUT2D eigenvalue weighted by Crippen LogP contribution is -2.65. The van der Waals surface area contributed by atoms with Crippen molar-refractivity contribution in [2.45, 2.75) is 23.9 Å². The van der Waals surface area contributed by atoms with E-state index in [4.69, 9.17) is 5.11 Å². The zero-order valence-corrected chi connectivity index (χ0v) is 7.77. The zero-order valence-electron chi connectivity index (χ0n) is 7.77. The summed E-state index contributed by atoms with van der Waals surface area (Å²) < 4.78 is 101. The first-order chi connectivity index (χ1) is 7.75. The molecule has 106 valence electrons. The minimum atomic E-state index is -7.00. The number of hydrogen-bond donors (Lipinski definition) is 1. The van der Waals surface area contributed by atoms with Crippen molar-refractivity contribution in [3.8, 4) is 0 Å². The molecule has 18 heavy (non-hydrogen) atoms. The quantitative estimate of drug-likeness (QED) is 0.598. The fraction of sp³-hybridized carbons (Fsp3) is 0.667. The molecule has 0 saturated carbocycles. The third-order valence-corrected chi connectivity index (χ3v) is 1.62. The van der Waals surface area contributed by atoms with Crippen LogP contribution >= 0.6 is 0 Å². The molecule has 0 aliphatic carbocycles. The van der Waals surface area contributed by atoms with Gasteiger partial charge in [0.05, 0.1) is 0 Å². The number of carbonyl (C=O) groups is 2. The monoisotopic (exact) mass is 290 g/mol. The van der Waals surface area contributed by atoms with Crippen molar-refractivity contribution in [1.29, 1.82) is 0 Å². The topological polar surface area (TPSA) is 63.6 Å². The first-order valence-electron chi connectivity index (χ1n) is 3.62. The van der Waals surface area contributed by atoms with Gasteiger partial charge >= 0.3 is 29.8 Å². The van der Waals surface area contributed by atoms with E-state index in [0.717, 1.165) is 0 Å². The van der Waals surface area contributed by atoms with Gasteiger partial charge in [0, 0.05) is 0 Å². The lowest BCUT2D eigenvalue weighted by atomic mass is 10.0. The van der Waals surface area contributed by atoms with Gasteiger partial charge in [0.2, 0.25) is 0 Å². The van der Waals surface area contributed by atoms with Gasteiger partial charge in [0.1, 0.15) is 0 Å². The number of carboxylic acids is 1. The lowest BCUT2D eigenvalue weighted by Gasteiger charge is -2.33. The number of halogens is 8. The highest BCUT2D eigenvalue weighted by atomic mass is 19.4. The molecule has 12 heteroatoms.